The largest absolute Gasteiger partial charge is 0.490 e. The molecule has 0 fully saturated rings. The summed E-state index contributed by atoms with van der Waals surface area (Å²) in [7, 11) is 0. The highest BCUT2D eigenvalue weighted by Crippen LogP contribution is 2.18. The molecule has 82 valence electrons. The fourth-order valence-electron chi connectivity index (χ4n) is 1.04. The molecule has 4 N–H and O–H groups in total. The van der Waals surface area contributed by atoms with Crippen molar-refractivity contribution in [3.8, 4) is 5.75 Å². The average molecular weight is 212 g/mol. The highest BCUT2D eigenvalue weighted by atomic mass is 19.1. The van der Waals surface area contributed by atoms with Gasteiger partial charge < -0.3 is 16.2 Å². The summed E-state index contributed by atoms with van der Waals surface area (Å²) in [6, 6.07) is 3.86. The van der Waals surface area contributed by atoms with Crippen LogP contribution >= 0.6 is 0 Å². The van der Waals surface area contributed by atoms with Crippen LogP contribution in [0.2, 0.25) is 0 Å². The highest BCUT2D eigenvalue weighted by molar-refractivity contribution is 5.92. The topological polar surface area (TPSA) is 78.3 Å². The van der Waals surface area contributed by atoms with Crippen LogP contribution < -0.4 is 16.2 Å². The summed E-state index contributed by atoms with van der Waals surface area (Å²) < 4.78 is 18.4. The third-order valence-electron chi connectivity index (χ3n) is 1.82. The predicted molar refractivity (Wildman–Crippen MR) is 54.1 cm³/mol. The first-order chi connectivity index (χ1) is 7.15. The van der Waals surface area contributed by atoms with Crippen LogP contribution in [0.1, 0.15) is 16.8 Å². The second-order valence-corrected chi connectivity index (χ2v) is 3.00. The summed E-state index contributed by atoms with van der Waals surface area (Å²) in [6.07, 6.45) is 0.650. The normalized spacial score (nSPS) is 10.0. The van der Waals surface area contributed by atoms with Crippen LogP contribution in [0.15, 0.2) is 18.2 Å². The van der Waals surface area contributed by atoms with Crippen molar-refractivity contribution in [2.45, 2.75) is 6.42 Å². The second kappa shape index (κ2) is 5.31. The zero-order valence-electron chi connectivity index (χ0n) is 8.20. The molecule has 0 saturated heterocycles. The first-order valence-electron chi connectivity index (χ1n) is 4.57. The van der Waals surface area contributed by atoms with Gasteiger partial charge in [0.25, 0.3) is 0 Å². The van der Waals surface area contributed by atoms with Gasteiger partial charge in [-0.2, -0.15) is 0 Å². The Morgan fingerprint density at radius 2 is 2.20 bits per heavy atom. The number of hydrogen-bond acceptors (Lipinski definition) is 3. The molecule has 0 aliphatic heterocycles. The molecule has 4 nitrogen and oxygen atoms in total. The molecule has 1 amide bonds. The zero-order chi connectivity index (χ0) is 11.3. The lowest BCUT2D eigenvalue weighted by Gasteiger charge is -2.06. The molecule has 5 heteroatoms. The van der Waals surface area contributed by atoms with E-state index in [1.165, 1.54) is 12.1 Å². The van der Waals surface area contributed by atoms with Gasteiger partial charge in [0.1, 0.15) is 0 Å². The Morgan fingerprint density at radius 3 is 2.73 bits per heavy atom. The van der Waals surface area contributed by atoms with Gasteiger partial charge in [0, 0.05) is 5.56 Å². The lowest BCUT2D eigenvalue weighted by Crippen LogP contribution is -2.11. The van der Waals surface area contributed by atoms with Crippen molar-refractivity contribution in [1.82, 2.24) is 0 Å². The molecule has 1 aromatic carbocycles. The van der Waals surface area contributed by atoms with Crippen LogP contribution in [0.25, 0.3) is 0 Å². The van der Waals surface area contributed by atoms with Crippen molar-refractivity contribution in [2.75, 3.05) is 13.2 Å². The number of halogens is 1. The highest BCUT2D eigenvalue weighted by Gasteiger charge is 2.07. The fraction of sp³-hybridized carbons (Fsp3) is 0.300. The van der Waals surface area contributed by atoms with E-state index in [0.717, 1.165) is 6.07 Å². The van der Waals surface area contributed by atoms with Crippen molar-refractivity contribution >= 4 is 5.91 Å². The third-order valence-corrected chi connectivity index (χ3v) is 1.82. The maximum atomic E-state index is 13.3. The van der Waals surface area contributed by atoms with Crippen LogP contribution in [0.3, 0.4) is 0 Å². The number of rotatable bonds is 5. The van der Waals surface area contributed by atoms with Crippen LogP contribution in [-0.4, -0.2) is 19.1 Å². The summed E-state index contributed by atoms with van der Waals surface area (Å²) >= 11 is 0. The maximum absolute atomic E-state index is 13.3. The molecule has 0 bridgehead atoms. The number of nitrogens with two attached hydrogens (primary N) is 2. The van der Waals surface area contributed by atoms with Crippen LogP contribution in [0.5, 0.6) is 5.75 Å². The molecular weight excluding hydrogens is 199 g/mol. The Balaban J connectivity index is 2.70. The van der Waals surface area contributed by atoms with Crippen molar-refractivity contribution in [3.05, 3.63) is 29.6 Å². The van der Waals surface area contributed by atoms with Gasteiger partial charge in [0.05, 0.1) is 6.61 Å². The first kappa shape index (κ1) is 11.5. The molecule has 0 saturated carbocycles. The molecule has 0 spiro atoms. The monoisotopic (exact) mass is 212 g/mol. The quantitative estimate of drug-likeness (QED) is 0.703. The second-order valence-electron chi connectivity index (χ2n) is 3.00. The van der Waals surface area contributed by atoms with Crippen molar-refractivity contribution in [2.24, 2.45) is 11.5 Å². The zero-order valence-corrected chi connectivity index (χ0v) is 8.20. The van der Waals surface area contributed by atoms with E-state index in [2.05, 4.69) is 0 Å². The third kappa shape index (κ3) is 3.21. The number of amides is 1. The van der Waals surface area contributed by atoms with E-state index in [4.69, 9.17) is 16.2 Å². The van der Waals surface area contributed by atoms with E-state index >= 15 is 0 Å². The summed E-state index contributed by atoms with van der Waals surface area (Å²) in [5.41, 5.74) is 10.4. The maximum Gasteiger partial charge on any atom is 0.248 e. The minimum absolute atomic E-state index is 0.105. The Hall–Kier alpha value is -1.62. The molecule has 0 atom stereocenters. The van der Waals surface area contributed by atoms with Crippen molar-refractivity contribution in [3.63, 3.8) is 0 Å². The van der Waals surface area contributed by atoms with E-state index in [1.807, 2.05) is 0 Å². The molecule has 0 unspecified atom stereocenters. The number of carbonyl (C=O) groups is 1. The Morgan fingerprint density at radius 1 is 1.47 bits per heavy atom. The molecule has 0 heterocycles. The summed E-state index contributed by atoms with van der Waals surface area (Å²) in [5, 5.41) is 0. The van der Waals surface area contributed by atoms with Gasteiger partial charge in [0.15, 0.2) is 11.6 Å². The lowest BCUT2D eigenvalue weighted by molar-refractivity contribution is 0.1000. The average Bonchev–Trinajstić information content (AvgIpc) is 2.20. The standard InChI is InChI=1S/C10H13FN2O2/c11-8-6-7(10(13)14)2-3-9(8)15-5-1-4-12/h2-3,6H,1,4-5,12H2,(H2,13,14). The summed E-state index contributed by atoms with van der Waals surface area (Å²) in [4.78, 5) is 10.7. The molecule has 0 aliphatic carbocycles. The fourth-order valence-corrected chi connectivity index (χ4v) is 1.04. The van der Waals surface area contributed by atoms with Gasteiger partial charge in [-0.1, -0.05) is 0 Å². The van der Waals surface area contributed by atoms with Gasteiger partial charge in [-0.3, -0.25) is 4.79 Å². The minimum atomic E-state index is -0.664. The summed E-state index contributed by atoms with van der Waals surface area (Å²) in [5.74, 6) is -1.15. The van der Waals surface area contributed by atoms with Gasteiger partial charge in [-0.25, -0.2) is 4.39 Å². The van der Waals surface area contributed by atoms with Gasteiger partial charge in [-0.15, -0.1) is 0 Å². The first-order valence-corrected chi connectivity index (χ1v) is 4.57. The number of ether oxygens (including phenoxy) is 1. The molecule has 0 aliphatic rings. The lowest BCUT2D eigenvalue weighted by atomic mass is 10.2. The number of carbonyl (C=O) groups excluding carboxylic acids is 1. The Labute approximate surface area is 87.0 Å². The van der Waals surface area contributed by atoms with Crippen LogP contribution in [0, 0.1) is 5.82 Å². The summed E-state index contributed by atoms with van der Waals surface area (Å²) in [6.45, 7) is 0.838. The molecular formula is C10H13FN2O2. The van der Waals surface area contributed by atoms with E-state index in [9.17, 15) is 9.18 Å². The predicted octanol–water partition coefficient (Wildman–Crippen LogP) is 0.652. The van der Waals surface area contributed by atoms with Gasteiger partial charge >= 0.3 is 0 Å². The van der Waals surface area contributed by atoms with Crippen LogP contribution in [0.4, 0.5) is 4.39 Å². The number of primary amides is 1. The van der Waals surface area contributed by atoms with Crippen molar-refractivity contribution < 1.29 is 13.9 Å². The van der Waals surface area contributed by atoms with E-state index in [1.54, 1.807) is 0 Å². The smallest absolute Gasteiger partial charge is 0.248 e. The van der Waals surface area contributed by atoms with Crippen LogP contribution in [-0.2, 0) is 0 Å². The van der Waals surface area contributed by atoms with E-state index in [0.29, 0.717) is 19.6 Å². The Bertz CT molecular complexity index is 355. The van der Waals surface area contributed by atoms with Crippen molar-refractivity contribution in [1.29, 1.82) is 0 Å². The van der Waals surface area contributed by atoms with E-state index < -0.39 is 11.7 Å². The number of benzene rings is 1. The Kier molecular flexibility index (Phi) is 4.05. The molecule has 0 radical (unpaired) electrons. The SMILES string of the molecule is NCCCOc1ccc(C(N)=O)cc1F. The van der Waals surface area contributed by atoms with Gasteiger partial charge in [0.2, 0.25) is 5.91 Å². The van der Waals surface area contributed by atoms with E-state index in [-0.39, 0.29) is 11.3 Å². The molecule has 15 heavy (non-hydrogen) atoms. The van der Waals surface area contributed by atoms with Gasteiger partial charge in [-0.05, 0) is 31.2 Å². The minimum Gasteiger partial charge on any atom is -0.490 e. The molecule has 0 aromatic heterocycles. The molecule has 1 aromatic rings. The molecule has 1 rings (SSSR count). The number of hydrogen-bond donors (Lipinski definition) is 2.